The summed E-state index contributed by atoms with van der Waals surface area (Å²) >= 11 is 9.22. The third-order valence-corrected chi connectivity index (χ3v) is 2.61. The first-order valence-corrected chi connectivity index (χ1v) is 5.55. The minimum atomic E-state index is 0.528. The molecule has 1 aromatic rings. The van der Waals surface area contributed by atoms with Gasteiger partial charge in [-0.1, -0.05) is 6.92 Å². The molecule has 4 nitrogen and oxygen atoms in total. The molecular formula is C9H11BrClN3O. The highest BCUT2D eigenvalue weighted by Gasteiger charge is 2.07. The zero-order chi connectivity index (χ0) is 11.3. The van der Waals surface area contributed by atoms with Gasteiger partial charge in [0.25, 0.3) is 0 Å². The van der Waals surface area contributed by atoms with Crippen molar-refractivity contribution in [1.29, 1.82) is 0 Å². The monoisotopic (exact) mass is 291 g/mol. The molecule has 1 amide bonds. The number of carbonyl (C=O) groups excluding carboxylic acids is 1. The quantitative estimate of drug-likeness (QED) is 0.669. The summed E-state index contributed by atoms with van der Waals surface area (Å²) in [5, 5.41) is 2.53. The van der Waals surface area contributed by atoms with Crippen LogP contribution in [0.4, 0.5) is 5.82 Å². The molecule has 0 aliphatic rings. The van der Waals surface area contributed by atoms with Gasteiger partial charge in [0, 0.05) is 29.3 Å². The molecule has 1 rings (SSSR count). The highest BCUT2D eigenvalue weighted by Crippen LogP contribution is 2.19. The van der Waals surface area contributed by atoms with Gasteiger partial charge in [0.2, 0.25) is 6.41 Å². The van der Waals surface area contributed by atoms with Crippen molar-refractivity contribution in [3.8, 4) is 0 Å². The van der Waals surface area contributed by atoms with Gasteiger partial charge in [-0.15, -0.1) is 0 Å². The lowest BCUT2D eigenvalue weighted by Gasteiger charge is -2.13. The fourth-order valence-corrected chi connectivity index (χ4v) is 1.59. The lowest BCUT2D eigenvalue weighted by Crippen LogP contribution is -2.13. The van der Waals surface area contributed by atoms with Crippen molar-refractivity contribution >= 4 is 39.9 Å². The second-order valence-corrected chi connectivity index (χ2v) is 4.25. The molecule has 1 aromatic heterocycles. The Kier molecular flexibility index (Phi) is 5.01. The Morgan fingerprint density at radius 2 is 2.47 bits per heavy atom. The largest absolute Gasteiger partial charge is 0.313 e. The van der Waals surface area contributed by atoms with Gasteiger partial charge in [-0.05, 0) is 33.8 Å². The molecule has 0 atom stereocenters. The lowest BCUT2D eigenvalue weighted by atomic mass is 10.2. The summed E-state index contributed by atoms with van der Waals surface area (Å²) in [6, 6.07) is 1.88. The maximum absolute atomic E-state index is 10.4. The van der Waals surface area contributed by atoms with Crippen LogP contribution in [0.2, 0.25) is 0 Å². The van der Waals surface area contributed by atoms with E-state index in [1.165, 1.54) is 0 Å². The van der Waals surface area contributed by atoms with Crippen LogP contribution in [0.3, 0.4) is 0 Å². The summed E-state index contributed by atoms with van der Waals surface area (Å²) in [6.45, 7) is 3.19. The van der Waals surface area contributed by atoms with Gasteiger partial charge in [-0.25, -0.2) is 9.40 Å². The molecule has 0 saturated heterocycles. The predicted molar refractivity (Wildman–Crippen MR) is 63.6 cm³/mol. The van der Waals surface area contributed by atoms with Gasteiger partial charge < -0.3 is 5.32 Å². The molecule has 0 fully saturated rings. The number of hydrogen-bond acceptors (Lipinski definition) is 3. The van der Waals surface area contributed by atoms with Crippen LogP contribution in [0.1, 0.15) is 12.5 Å². The number of hydrogen-bond donors (Lipinski definition) is 1. The van der Waals surface area contributed by atoms with E-state index in [1.54, 1.807) is 10.6 Å². The highest BCUT2D eigenvalue weighted by molar-refractivity contribution is 9.10. The SMILES string of the molecule is CCN(Cl)Cc1cc(Br)cnc1NC=O. The molecule has 0 unspecified atom stereocenters. The van der Waals surface area contributed by atoms with Crippen LogP contribution >= 0.6 is 27.7 Å². The van der Waals surface area contributed by atoms with Gasteiger partial charge in [0.05, 0.1) is 0 Å². The van der Waals surface area contributed by atoms with Crippen LogP contribution in [0, 0.1) is 0 Å². The van der Waals surface area contributed by atoms with Gasteiger partial charge in [0.1, 0.15) is 5.82 Å². The number of halogens is 2. The number of carbonyl (C=O) groups is 1. The van der Waals surface area contributed by atoms with Crippen LogP contribution in [-0.2, 0) is 11.3 Å². The summed E-state index contributed by atoms with van der Waals surface area (Å²) in [6.07, 6.45) is 2.23. The number of amides is 1. The van der Waals surface area contributed by atoms with Crippen molar-refractivity contribution in [1.82, 2.24) is 9.40 Å². The van der Waals surface area contributed by atoms with E-state index in [4.69, 9.17) is 11.8 Å². The molecule has 0 saturated carbocycles. The summed E-state index contributed by atoms with van der Waals surface area (Å²) in [7, 11) is 0. The number of nitrogens with one attached hydrogen (secondary N) is 1. The molecule has 0 aromatic carbocycles. The predicted octanol–water partition coefficient (Wildman–Crippen LogP) is 2.39. The van der Waals surface area contributed by atoms with Crippen molar-refractivity contribution < 1.29 is 4.79 Å². The number of aromatic nitrogens is 1. The van der Waals surface area contributed by atoms with Crippen LogP contribution in [0.15, 0.2) is 16.7 Å². The molecule has 0 spiro atoms. The van der Waals surface area contributed by atoms with E-state index in [1.807, 2.05) is 13.0 Å². The summed E-state index contributed by atoms with van der Waals surface area (Å²) in [4.78, 5) is 14.4. The van der Waals surface area contributed by atoms with E-state index < -0.39 is 0 Å². The average Bonchev–Trinajstić information content (AvgIpc) is 2.22. The van der Waals surface area contributed by atoms with E-state index >= 15 is 0 Å². The first-order chi connectivity index (χ1) is 7.17. The van der Waals surface area contributed by atoms with Crippen molar-refractivity contribution in [3.05, 3.63) is 22.3 Å². The third-order valence-electron chi connectivity index (χ3n) is 1.81. The van der Waals surface area contributed by atoms with E-state index in [-0.39, 0.29) is 0 Å². The number of nitrogens with zero attached hydrogens (tertiary/aromatic N) is 2. The molecular weight excluding hydrogens is 281 g/mol. The first kappa shape index (κ1) is 12.4. The maximum atomic E-state index is 10.4. The Labute approximate surface area is 102 Å². The zero-order valence-corrected chi connectivity index (χ0v) is 10.5. The first-order valence-electron chi connectivity index (χ1n) is 4.42. The Morgan fingerprint density at radius 3 is 3.07 bits per heavy atom. The van der Waals surface area contributed by atoms with Crippen LogP contribution < -0.4 is 5.32 Å². The molecule has 0 radical (unpaired) electrons. The lowest BCUT2D eigenvalue weighted by molar-refractivity contribution is -0.105. The Hall–Kier alpha value is -0.650. The smallest absolute Gasteiger partial charge is 0.212 e. The number of anilines is 1. The van der Waals surface area contributed by atoms with Gasteiger partial charge in [-0.3, -0.25) is 4.79 Å². The van der Waals surface area contributed by atoms with E-state index in [9.17, 15) is 4.79 Å². The topological polar surface area (TPSA) is 45.2 Å². The van der Waals surface area contributed by atoms with Gasteiger partial charge in [-0.2, -0.15) is 0 Å². The van der Waals surface area contributed by atoms with Crippen LogP contribution in [0.25, 0.3) is 0 Å². The van der Waals surface area contributed by atoms with Crippen molar-refractivity contribution in [2.24, 2.45) is 0 Å². The molecule has 0 aliphatic heterocycles. The Bertz CT molecular complexity index is 348. The van der Waals surface area contributed by atoms with E-state index in [0.29, 0.717) is 25.3 Å². The molecule has 6 heteroatoms. The summed E-state index contributed by atoms with van der Waals surface area (Å²) in [5.74, 6) is 0.535. The van der Waals surface area contributed by atoms with Crippen LogP contribution in [0.5, 0.6) is 0 Å². The van der Waals surface area contributed by atoms with Crippen molar-refractivity contribution in [3.63, 3.8) is 0 Å². The average molecular weight is 293 g/mol. The fourth-order valence-electron chi connectivity index (χ4n) is 1.08. The zero-order valence-electron chi connectivity index (χ0n) is 8.20. The molecule has 1 heterocycles. The molecule has 0 aliphatic carbocycles. The standard InChI is InChI=1S/C9H11BrClN3O/c1-2-14(11)5-7-3-8(10)4-12-9(7)13-6-15/h3-4,6H,2,5H2,1H3,(H,12,13,15). The second kappa shape index (κ2) is 6.05. The minimum absolute atomic E-state index is 0.528. The number of pyridine rings is 1. The van der Waals surface area contributed by atoms with Crippen molar-refractivity contribution in [2.45, 2.75) is 13.5 Å². The Morgan fingerprint density at radius 1 is 1.73 bits per heavy atom. The van der Waals surface area contributed by atoms with Crippen LogP contribution in [-0.4, -0.2) is 22.4 Å². The van der Waals surface area contributed by atoms with Gasteiger partial charge >= 0.3 is 0 Å². The normalized spacial score (nSPS) is 10.4. The third kappa shape index (κ3) is 3.77. The summed E-state index contributed by atoms with van der Waals surface area (Å²) in [5.41, 5.74) is 0.869. The fraction of sp³-hybridized carbons (Fsp3) is 0.333. The molecule has 0 bridgehead atoms. The summed E-state index contributed by atoms with van der Waals surface area (Å²) < 4.78 is 2.47. The molecule has 1 N–H and O–H groups in total. The van der Waals surface area contributed by atoms with E-state index in [2.05, 4.69) is 26.2 Å². The van der Waals surface area contributed by atoms with Crippen molar-refractivity contribution in [2.75, 3.05) is 11.9 Å². The van der Waals surface area contributed by atoms with Gasteiger partial charge in [0.15, 0.2) is 0 Å². The van der Waals surface area contributed by atoms with E-state index in [0.717, 1.165) is 10.0 Å². The Balaban J connectivity index is 2.90. The number of rotatable bonds is 5. The minimum Gasteiger partial charge on any atom is -0.313 e. The maximum Gasteiger partial charge on any atom is 0.212 e. The second-order valence-electron chi connectivity index (χ2n) is 2.86. The molecule has 15 heavy (non-hydrogen) atoms. The molecule has 82 valence electrons. The highest BCUT2D eigenvalue weighted by atomic mass is 79.9.